The van der Waals surface area contributed by atoms with Crippen LogP contribution < -0.4 is 5.32 Å². The van der Waals surface area contributed by atoms with Crippen LogP contribution in [0.5, 0.6) is 0 Å². The first kappa shape index (κ1) is 20.0. The van der Waals surface area contributed by atoms with E-state index in [2.05, 4.69) is 35.1 Å². The fraction of sp³-hybridized carbons (Fsp3) is 0.615. The number of aromatic nitrogens is 1. The molecule has 0 radical (unpaired) electrons. The Morgan fingerprint density at radius 1 is 1.22 bits per heavy atom. The number of hydrogen-bond acceptors (Lipinski definition) is 3. The second kappa shape index (κ2) is 13.1. The molecule has 0 amide bonds. The first-order chi connectivity index (χ1) is 7.86. The van der Waals surface area contributed by atoms with Gasteiger partial charge in [-0.2, -0.15) is 0 Å². The van der Waals surface area contributed by atoms with Crippen LogP contribution in [0.1, 0.15) is 25.8 Å². The van der Waals surface area contributed by atoms with Crippen molar-refractivity contribution in [2.24, 2.45) is 0 Å². The predicted molar refractivity (Wildman–Crippen MR) is 82.8 cm³/mol. The lowest BCUT2D eigenvalue weighted by Crippen LogP contribution is -2.27. The monoisotopic (exact) mass is 293 g/mol. The lowest BCUT2D eigenvalue weighted by atomic mass is 10.3. The van der Waals surface area contributed by atoms with E-state index < -0.39 is 0 Å². The van der Waals surface area contributed by atoms with Crippen molar-refractivity contribution < 1.29 is 0 Å². The molecular weight excluding hydrogens is 269 g/mol. The summed E-state index contributed by atoms with van der Waals surface area (Å²) in [6, 6.07) is 4.08. The van der Waals surface area contributed by atoms with E-state index in [1.807, 2.05) is 18.5 Å². The van der Waals surface area contributed by atoms with Crippen LogP contribution in [0, 0.1) is 0 Å². The van der Waals surface area contributed by atoms with E-state index in [0.717, 1.165) is 26.2 Å². The molecule has 0 aliphatic carbocycles. The third kappa shape index (κ3) is 8.70. The van der Waals surface area contributed by atoms with Gasteiger partial charge in [-0.25, -0.2) is 0 Å². The SMILES string of the molecule is CCN(CC)CCCNCc1cccnc1.Cl.Cl. The molecule has 0 fully saturated rings. The van der Waals surface area contributed by atoms with Crippen LogP contribution in [0.25, 0.3) is 0 Å². The van der Waals surface area contributed by atoms with Gasteiger partial charge in [0.15, 0.2) is 0 Å². The van der Waals surface area contributed by atoms with Gasteiger partial charge in [0.2, 0.25) is 0 Å². The Labute approximate surface area is 123 Å². The molecule has 106 valence electrons. The van der Waals surface area contributed by atoms with Gasteiger partial charge in [0.1, 0.15) is 0 Å². The van der Waals surface area contributed by atoms with Gasteiger partial charge in [-0.15, -0.1) is 24.8 Å². The van der Waals surface area contributed by atoms with Crippen molar-refractivity contribution in [3.8, 4) is 0 Å². The quantitative estimate of drug-likeness (QED) is 0.747. The van der Waals surface area contributed by atoms with Crippen molar-refractivity contribution >= 4 is 24.8 Å². The molecule has 1 heterocycles. The molecule has 0 atom stereocenters. The Balaban J connectivity index is 0. The van der Waals surface area contributed by atoms with Crippen LogP contribution in [-0.2, 0) is 6.54 Å². The Hall–Kier alpha value is -0.350. The van der Waals surface area contributed by atoms with Crippen molar-refractivity contribution in [2.45, 2.75) is 26.8 Å². The molecule has 1 rings (SSSR count). The molecule has 1 aromatic heterocycles. The molecule has 0 unspecified atom stereocenters. The normalized spacial score (nSPS) is 9.72. The highest BCUT2D eigenvalue weighted by atomic mass is 35.5. The second-order valence-corrected chi connectivity index (χ2v) is 3.92. The first-order valence-electron chi connectivity index (χ1n) is 6.18. The van der Waals surface area contributed by atoms with Crippen LogP contribution >= 0.6 is 24.8 Å². The highest BCUT2D eigenvalue weighted by molar-refractivity contribution is 5.85. The topological polar surface area (TPSA) is 28.2 Å². The van der Waals surface area contributed by atoms with E-state index in [4.69, 9.17) is 0 Å². The fourth-order valence-electron chi connectivity index (χ4n) is 1.70. The average Bonchev–Trinajstić information content (AvgIpc) is 2.35. The molecule has 0 spiro atoms. The van der Waals surface area contributed by atoms with Crippen molar-refractivity contribution in [1.82, 2.24) is 15.2 Å². The van der Waals surface area contributed by atoms with Gasteiger partial charge < -0.3 is 10.2 Å². The Morgan fingerprint density at radius 2 is 1.94 bits per heavy atom. The van der Waals surface area contributed by atoms with E-state index >= 15 is 0 Å². The van der Waals surface area contributed by atoms with Gasteiger partial charge in [-0.1, -0.05) is 19.9 Å². The minimum absolute atomic E-state index is 0. The average molecular weight is 294 g/mol. The number of halogens is 2. The largest absolute Gasteiger partial charge is 0.313 e. The Kier molecular flexibility index (Phi) is 14.5. The maximum atomic E-state index is 4.09. The number of hydrogen-bond donors (Lipinski definition) is 1. The number of pyridine rings is 1. The summed E-state index contributed by atoms with van der Waals surface area (Å²) in [5, 5.41) is 3.44. The highest BCUT2D eigenvalue weighted by Gasteiger charge is 1.97. The Bertz CT molecular complexity index is 266. The molecular formula is C13H25Cl2N3. The van der Waals surface area contributed by atoms with Crippen molar-refractivity contribution in [3.63, 3.8) is 0 Å². The maximum absolute atomic E-state index is 4.09. The third-order valence-corrected chi connectivity index (χ3v) is 2.77. The standard InChI is InChI=1S/C13H23N3.2ClH/c1-3-16(4-2)10-6-9-15-12-13-7-5-8-14-11-13;;/h5,7-8,11,15H,3-4,6,9-10,12H2,1-2H3;2*1H. The smallest absolute Gasteiger partial charge is 0.0312 e. The molecule has 5 heteroatoms. The zero-order chi connectivity index (χ0) is 11.6. The van der Waals surface area contributed by atoms with Crippen LogP contribution in [0.3, 0.4) is 0 Å². The highest BCUT2D eigenvalue weighted by Crippen LogP contribution is 1.95. The maximum Gasteiger partial charge on any atom is 0.0312 e. The van der Waals surface area contributed by atoms with Crippen molar-refractivity contribution in [1.29, 1.82) is 0 Å². The summed E-state index contributed by atoms with van der Waals surface area (Å²) in [6.07, 6.45) is 4.93. The van der Waals surface area contributed by atoms with Crippen molar-refractivity contribution in [2.75, 3.05) is 26.2 Å². The molecule has 0 aromatic carbocycles. The summed E-state index contributed by atoms with van der Waals surface area (Å²) in [5.41, 5.74) is 1.25. The van der Waals surface area contributed by atoms with Crippen LogP contribution in [0.2, 0.25) is 0 Å². The molecule has 0 saturated carbocycles. The first-order valence-corrected chi connectivity index (χ1v) is 6.18. The molecule has 0 bridgehead atoms. The van der Waals surface area contributed by atoms with Crippen molar-refractivity contribution in [3.05, 3.63) is 30.1 Å². The molecule has 1 N–H and O–H groups in total. The molecule has 18 heavy (non-hydrogen) atoms. The minimum atomic E-state index is 0. The molecule has 1 aromatic rings. The summed E-state index contributed by atoms with van der Waals surface area (Å²) in [7, 11) is 0. The van der Waals surface area contributed by atoms with E-state index in [-0.39, 0.29) is 24.8 Å². The second-order valence-electron chi connectivity index (χ2n) is 3.92. The summed E-state index contributed by atoms with van der Waals surface area (Å²) in [6.45, 7) is 9.92. The molecule has 0 aliphatic heterocycles. The van der Waals surface area contributed by atoms with Gasteiger partial charge in [0, 0.05) is 18.9 Å². The summed E-state index contributed by atoms with van der Waals surface area (Å²) < 4.78 is 0. The predicted octanol–water partition coefficient (Wildman–Crippen LogP) is 2.75. The summed E-state index contributed by atoms with van der Waals surface area (Å²) in [5.74, 6) is 0. The van der Waals surface area contributed by atoms with Crippen LogP contribution in [0.4, 0.5) is 0 Å². The molecule has 0 saturated heterocycles. The van der Waals surface area contributed by atoms with Gasteiger partial charge in [-0.05, 0) is 44.2 Å². The van der Waals surface area contributed by atoms with E-state index in [1.54, 1.807) is 0 Å². The summed E-state index contributed by atoms with van der Waals surface area (Å²) >= 11 is 0. The lowest BCUT2D eigenvalue weighted by molar-refractivity contribution is 0.298. The van der Waals surface area contributed by atoms with Gasteiger partial charge in [0.25, 0.3) is 0 Å². The minimum Gasteiger partial charge on any atom is -0.313 e. The van der Waals surface area contributed by atoms with Crippen LogP contribution in [-0.4, -0.2) is 36.1 Å². The zero-order valence-corrected chi connectivity index (χ0v) is 12.9. The van der Waals surface area contributed by atoms with E-state index in [1.165, 1.54) is 18.5 Å². The fourth-order valence-corrected chi connectivity index (χ4v) is 1.70. The molecule has 0 aliphatic rings. The van der Waals surface area contributed by atoms with Gasteiger partial charge in [-0.3, -0.25) is 4.98 Å². The van der Waals surface area contributed by atoms with E-state index in [9.17, 15) is 0 Å². The third-order valence-electron chi connectivity index (χ3n) is 2.77. The van der Waals surface area contributed by atoms with E-state index in [0.29, 0.717) is 0 Å². The van der Waals surface area contributed by atoms with Gasteiger partial charge >= 0.3 is 0 Å². The van der Waals surface area contributed by atoms with Crippen LogP contribution in [0.15, 0.2) is 24.5 Å². The lowest BCUT2D eigenvalue weighted by Gasteiger charge is -2.17. The number of nitrogens with one attached hydrogen (secondary N) is 1. The van der Waals surface area contributed by atoms with Gasteiger partial charge in [0.05, 0.1) is 0 Å². The number of rotatable bonds is 8. The Morgan fingerprint density at radius 3 is 2.50 bits per heavy atom. The number of nitrogens with zero attached hydrogens (tertiary/aromatic N) is 2. The summed E-state index contributed by atoms with van der Waals surface area (Å²) in [4.78, 5) is 6.54. The zero-order valence-electron chi connectivity index (χ0n) is 11.3. The molecule has 3 nitrogen and oxygen atoms in total.